The van der Waals surface area contributed by atoms with Crippen molar-refractivity contribution in [3.63, 3.8) is 0 Å². The van der Waals surface area contributed by atoms with Crippen molar-refractivity contribution in [3.8, 4) is 0 Å². The number of nitrogens with zero attached hydrogens (tertiary/aromatic N) is 3. The fourth-order valence-corrected chi connectivity index (χ4v) is 4.49. The summed E-state index contributed by atoms with van der Waals surface area (Å²) in [5.41, 5.74) is -0.743. The molecule has 3 rings (SSSR count). The summed E-state index contributed by atoms with van der Waals surface area (Å²) in [6.45, 7) is 1.98. The number of carbonyl (C=O) groups is 2. The van der Waals surface area contributed by atoms with E-state index >= 15 is 0 Å². The highest BCUT2D eigenvalue weighted by Crippen LogP contribution is 2.28. The molecule has 1 fully saturated rings. The SMILES string of the molecule is CCCCCCCCCCCCOC(=O)c1ccnc(C(=O)Nc2ccn([C@@H]3O[C@H](CO)[C@@H](O)[C@@H]3O)c(=O)n2)c1. The summed E-state index contributed by atoms with van der Waals surface area (Å²) in [5.74, 6) is -1.33. The van der Waals surface area contributed by atoms with Gasteiger partial charge in [0.05, 0.1) is 18.8 Å². The van der Waals surface area contributed by atoms with E-state index in [1.807, 2.05) is 0 Å². The zero-order valence-electron chi connectivity index (χ0n) is 22.9. The van der Waals surface area contributed by atoms with Crippen LogP contribution < -0.4 is 11.0 Å². The van der Waals surface area contributed by atoms with E-state index in [1.54, 1.807) is 0 Å². The smallest absolute Gasteiger partial charge is 0.351 e. The Hall–Kier alpha value is -3.19. The van der Waals surface area contributed by atoms with Crippen molar-refractivity contribution < 1.29 is 34.4 Å². The molecule has 1 aliphatic heterocycles. The van der Waals surface area contributed by atoms with Crippen LogP contribution in [0.2, 0.25) is 0 Å². The normalized spacial score (nSPS) is 20.4. The first kappa shape index (κ1) is 31.3. The minimum absolute atomic E-state index is 0.0668. The Labute approximate surface area is 233 Å². The molecule has 3 heterocycles. The van der Waals surface area contributed by atoms with Crippen LogP contribution in [0.1, 0.15) is 98.2 Å². The van der Waals surface area contributed by atoms with Gasteiger partial charge in [0.25, 0.3) is 5.91 Å². The van der Waals surface area contributed by atoms with Gasteiger partial charge < -0.3 is 30.1 Å². The maximum atomic E-state index is 12.7. The molecule has 12 heteroatoms. The van der Waals surface area contributed by atoms with Gasteiger partial charge >= 0.3 is 11.7 Å². The maximum absolute atomic E-state index is 12.7. The molecular weight excluding hydrogens is 520 g/mol. The molecule has 1 aliphatic rings. The number of pyridine rings is 1. The Morgan fingerprint density at radius 1 is 1.02 bits per heavy atom. The van der Waals surface area contributed by atoms with Gasteiger partial charge in [0.15, 0.2) is 6.23 Å². The fourth-order valence-electron chi connectivity index (χ4n) is 4.49. The zero-order chi connectivity index (χ0) is 28.9. The van der Waals surface area contributed by atoms with Crippen molar-refractivity contribution in [2.45, 2.75) is 95.7 Å². The number of amides is 1. The third-order valence-corrected chi connectivity index (χ3v) is 6.82. The van der Waals surface area contributed by atoms with Crippen LogP contribution >= 0.6 is 0 Å². The van der Waals surface area contributed by atoms with Gasteiger partial charge in [0.1, 0.15) is 29.8 Å². The Bertz CT molecular complexity index is 1160. The lowest BCUT2D eigenvalue weighted by Crippen LogP contribution is -2.36. The number of esters is 1. The van der Waals surface area contributed by atoms with E-state index in [0.29, 0.717) is 6.61 Å². The van der Waals surface area contributed by atoms with E-state index in [9.17, 15) is 29.7 Å². The first-order valence-corrected chi connectivity index (χ1v) is 14.0. The fraction of sp³-hybridized carbons (Fsp3) is 0.607. The molecule has 0 spiro atoms. The number of aromatic nitrogens is 3. The van der Waals surface area contributed by atoms with Gasteiger partial charge in [-0.1, -0.05) is 64.7 Å². The minimum atomic E-state index is -1.45. The van der Waals surface area contributed by atoms with E-state index in [2.05, 4.69) is 22.2 Å². The maximum Gasteiger partial charge on any atom is 0.351 e. The lowest BCUT2D eigenvalue weighted by atomic mass is 10.1. The Balaban J connectivity index is 1.45. The second-order valence-corrected chi connectivity index (χ2v) is 9.93. The number of hydrogen-bond donors (Lipinski definition) is 4. The van der Waals surface area contributed by atoms with Crippen molar-refractivity contribution in [1.82, 2.24) is 14.5 Å². The van der Waals surface area contributed by atoms with Crippen LogP contribution in [-0.4, -0.2) is 73.3 Å². The zero-order valence-corrected chi connectivity index (χ0v) is 22.9. The van der Waals surface area contributed by atoms with E-state index in [-0.39, 0.29) is 17.1 Å². The quantitative estimate of drug-likeness (QED) is 0.176. The van der Waals surface area contributed by atoms with Crippen molar-refractivity contribution in [2.75, 3.05) is 18.5 Å². The third-order valence-electron chi connectivity index (χ3n) is 6.82. The summed E-state index contributed by atoms with van der Waals surface area (Å²) in [4.78, 5) is 45.3. The third kappa shape index (κ3) is 8.91. The Morgan fingerprint density at radius 3 is 2.33 bits per heavy atom. The second-order valence-electron chi connectivity index (χ2n) is 9.93. The van der Waals surface area contributed by atoms with E-state index in [4.69, 9.17) is 9.47 Å². The van der Waals surface area contributed by atoms with E-state index in [0.717, 1.165) is 23.8 Å². The van der Waals surface area contributed by atoms with Crippen LogP contribution in [0, 0.1) is 0 Å². The molecule has 0 unspecified atom stereocenters. The molecule has 1 saturated heterocycles. The topological polar surface area (TPSA) is 173 Å². The van der Waals surface area contributed by atoms with Crippen LogP contribution in [0.5, 0.6) is 0 Å². The number of hydrogen-bond acceptors (Lipinski definition) is 10. The molecule has 2 aromatic heterocycles. The van der Waals surface area contributed by atoms with Gasteiger partial charge in [-0.25, -0.2) is 9.59 Å². The van der Waals surface area contributed by atoms with Crippen LogP contribution in [0.3, 0.4) is 0 Å². The average molecular weight is 561 g/mol. The Morgan fingerprint density at radius 2 is 1.70 bits per heavy atom. The molecule has 2 aromatic rings. The predicted molar refractivity (Wildman–Crippen MR) is 146 cm³/mol. The number of ether oxygens (including phenoxy) is 2. The van der Waals surface area contributed by atoms with E-state index in [1.165, 1.54) is 75.5 Å². The number of anilines is 1. The predicted octanol–water partition coefficient (Wildman–Crippen LogP) is 2.58. The van der Waals surface area contributed by atoms with Gasteiger partial charge in [-0.05, 0) is 24.6 Å². The lowest BCUT2D eigenvalue weighted by Gasteiger charge is -2.17. The van der Waals surface area contributed by atoms with Crippen molar-refractivity contribution in [2.24, 2.45) is 0 Å². The Kier molecular flexibility index (Phi) is 12.7. The molecule has 40 heavy (non-hydrogen) atoms. The highest BCUT2D eigenvalue weighted by molar-refractivity contribution is 6.03. The average Bonchev–Trinajstić information content (AvgIpc) is 3.24. The van der Waals surface area contributed by atoms with Crippen LogP contribution in [0.15, 0.2) is 35.4 Å². The van der Waals surface area contributed by atoms with Gasteiger partial charge in [-0.2, -0.15) is 4.98 Å². The molecule has 0 saturated carbocycles. The van der Waals surface area contributed by atoms with Crippen LogP contribution in [0.4, 0.5) is 5.82 Å². The summed E-state index contributed by atoms with van der Waals surface area (Å²) < 4.78 is 11.6. The molecule has 4 N–H and O–H groups in total. The summed E-state index contributed by atoms with van der Waals surface area (Å²) >= 11 is 0. The van der Waals surface area contributed by atoms with E-state index < -0.39 is 48.7 Å². The van der Waals surface area contributed by atoms with Crippen LogP contribution in [-0.2, 0) is 9.47 Å². The van der Waals surface area contributed by atoms with Gasteiger partial charge in [-0.3, -0.25) is 14.3 Å². The standard InChI is InChI=1S/C28H40N4O8/c1-2-3-4-5-6-7-8-9-10-11-16-39-27(37)19-12-14-29-20(17-19)25(36)30-22-13-15-32(28(38)31-22)26-24(35)23(34)21(18-33)40-26/h12-15,17,21,23-24,26,33-35H,2-11,16,18H2,1H3,(H,30,31,36,38)/t21-,23-,24+,26-/m1/s1. The lowest BCUT2D eigenvalue weighted by molar-refractivity contribution is -0.0549. The molecule has 0 bridgehead atoms. The molecule has 220 valence electrons. The number of unbranched alkanes of at least 4 members (excludes halogenated alkanes) is 9. The second kappa shape index (κ2) is 16.2. The minimum Gasteiger partial charge on any atom is -0.462 e. The number of nitrogens with one attached hydrogen (secondary N) is 1. The molecule has 12 nitrogen and oxygen atoms in total. The first-order valence-electron chi connectivity index (χ1n) is 14.0. The summed E-state index contributed by atoms with van der Waals surface area (Å²) in [5, 5.41) is 31.7. The van der Waals surface area contributed by atoms with Crippen molar-refractivity contribution >= 4 is 17.7 Å². The summed E-state index contributed by atoms with van der Waals surface area (Å²) in [6.07, 6.45) is 9.22. The molecule has 1 amide bonds. The van der Waals surface area contributed by atoms with Crippen LogP contribution in [0.25, 0.3) is 0 Å². The van der Waals surface area contributed by atoms with Crippen molar-refractivity contribution in [1.29, 1.82) is 0 Å². The summed E-state index contributed by atoms with van der Waals surface area (Å²) in [7, 11) is 0. The summed E-state index contributed by atoms with van der Waals surface area (Å²) in [6, 6.07) is 4.06. The number of aliphatic hydroxyl groups excluding tert-OH is 3. The van der Waals surface area contributed by atoms with Gasteiger partial charge in [0, 0.05) is 12.4 Å². The highest BCUT2D eigenvalue weighted by Gasteiger charge is 2.43. The molecular formula is C28H40N4O8. The van der Waals surface area contributed by atoms with Gasteiger partial charge in [-0.15, -0.1) is 0 Å². The number of rotatable bonds is 16. The highest BCUT2D eigenvalue weighted by atomic mass is 16.6. The van der Waals surface area contributed by atoms with Crippen molar-refractivity contribution in [3.05, 3.63) is 52.3 Å². The first-order chi connectivity index (χ1) is 19.3. The molecule has 0 radical (unpaired) electrons. The molecule has 0 aliphatic carbocycles. The number of carbonyl (C=O) groups excluding carboxylic acids is 2. The van der Waals surface area contributed by atoms with Gasteiger partial charge in [0.2, 0.25) is 0 Å². The molecule has 0 aromatic carbocycles. The largest absolute Gasteiger partial charge is 0.462 e. The molecule has 4 atom stereocenters. The number of aliphatic hydroxyl groups is 3. The monoisotopic (exact) mass is 560 g/mol.